The van der Waals surface area contributed by atoms with E-state index in [4.69, 9.17) is 4.74 Å². The van der Waals surface area contributed by atoms with Crippen molar-refractivity contribution in [3.8, 4) is 0 Å². The molecule has 2 aromatic heterocycles. The lowest BCUT2D eigenvalue weighted by atomic mass is 10.1. The number of carbonyl (C=O) groups excluding carboxylic acids is 1. The second-order valence-electron chi connectivity index (χ2n) is 5.04. The Balaban J connectivity index is 1.66. The largest absolute Gasteiger partial charge is 0.368 e. The Hall–Kier alpha value is -1.79. The molecule has 0 radical (unpaired) electrons. The molecule has 6 heteroatoms. The van der Waals surface area contributed by atoms with E-state index in [9.17, 15) is 4.79 Å². The molecule has 1 amide bonds. The summed E-state index contributed by atoms with van der Waals surface area (Å²) in [4.78, 5) is 22.7. The molecule has 0 aromatic carbocycles. The highest BCUT2D eigenvalue weighted by Crippen LogP contribution is 2.21. The van der Waals surface area contributed by atoms with E-state index in [0.29, 0.717) is 26.1 Å². The standard InChI is InChI=1S/C15H17N3O2S/c1-11-16-4-2-13(17-11)14-9-18(5-6-20-14)15(19)8-12-3-7-21-10-12/h2-4,7,10,14H,5-6,8-9H2,1H3/t14-/m1/s1. The summed E-state index contributed by atoms with van der Waals surface area (Å²) in [6, 6.07) is 3.85. The number of aryl methyl sites for hydroxylation is 1. The molecule has 0 spiro atoms. The molecule has 3 heterocycles. The lowest BCUT2D eigenvalue weighted by Gasteiger charge is -2.32. The minimum Gasteiger partial charge on any atom is -0.368 e. The molecule has 0 aliphatic carbocycles. The van der Waals surface area contributed by atoms with Crippen LogP contribution < -0.4 is 0 Å². The second-order valence-corrected chi connectivity index (χ2v) is 5.82. The first kappa shape index (κ1) is 14.2. The molecule has 21 heavy (non-hydrogen) atoms. The molecule has 5 nitrogen and oxygen atoms in total. The van der Waals surface area contributed by atoms with E-state index in [1.54, 1.807) is 17.5 Å². The first-order valence-corrected chi connectivity index (χ1v) is 7.86. The van der Waals surface area contributed by atoms with Crippen LogP contribution in [0.15, 0.2) is 29.1 Å². The molecule has 1 fully saturated rings. The van der Waals surface area contributed by atoms with E-state index in [0.717, 1.165) is 17.1 Å². The summed E-state index contributed by atoms with van der Waals surface area (Å²) in [6.45, 7) is 3.60. The van der Waals surface area contributed by atoms with Gasteiger partial charge in [0.2, 0.25) is 5.91 Å². The first-order chi connectivity index (χ1) is 10.2. The molecule has 1 aliphatic rings. The summed E-state index contributed by atoms with van der Waals surface area (Å²) in [5.74, 6) is 0.866. The van der Waals surface area contributed by atoms with Gasteiger partial charge in [0, 0.05) is 12.7 Å². The van der Waals surface area contributed by atoms with Gasteiger partial charge in [-0.3, -0.25) is 4.79 Å². The molecule has 3 rings (SSSR count). The maximum atomic E-state index is 12.4. The molecule has 110 valence electrons. The van der Waals surface area contributed by atoms with Crippen LogP contribution in [0.3, 0.4) is 0 Å². The number of thiophene rings is 1. The summed E-state index contributed by atoms with van der Waals surface area (Å²) in [5.41, 5.74) is 1.92. The average Bonchev–Trinajstić information content (AvgIpc) is 3.00. The van der Waals surface area contributed by atoms with Crippen molar-refractivity contribution >= 4 is 17.2 Å². The fourth-order valence-corrected chi connectivity index (χ4v) is 3.06. The van der Waals surface area contributed by atoms with Crippen LogP contribution in [-0.2, 0) is 16.0 Å². The maximum absolute atomic E-state index is 12.4. The molecule has 0 saturated carbocycles. The fourth-order valence-electron chi connectivity index (χ4n) is 2.39. The number of nitrogens with zero attached hydrogens (tertiary/aromatic N) is 3. The van der Waals surface area contributed by atoms with Crippen molar-refractivity contribution in [3.63, 3.8) is 0 Å². The second kappa shape index (κ2) is 6.32. The number of ether oxygens (including phenoxy) is 1. The van der Waals surface area contributed by atoms with Crippen LogP contribution in [-0.4, -0.2) is 40.5 Å². The van der Waals surface area contributed by atoms with Crippen molar-refractivity contribution in [3.05, 3.63) is 46.2 Å². The van der Waals surface area contributed by atoms with Gasteiger partial charge in [-0.05, 0) is 35.4 Å². The predicted octanol–water partition coefficient (Wildman–Crippen LogP) is 1.99. The quantitative estimate of drug-likeness (QED) is 0.870. The van der Waals surface area contributed by atoms with Crippen molar-refractivity contribution in [2.45, 2.75) is 19.4 Å². The SMILES string of the molecule is Cc1nccc([C@H]2CN(C(=O)Cc3ccsc3)CCO2)n1. The van der Waals surface area contributed by atoms with E-state index >= 15 is 0 Å². The molecular weight excluding hydrogens is 286 g/mol. The number of morpholine rings is 1. The Labute approximate surface area is 127 Å². The lowest BCUT2D eigenvalue weighted by Crippen LogP contribution is -2.43. The lowest BCUT2D eigenvalue weighted by molar-refractivity contribution is -0.138. The number of amides is 1. The summed E-state index contributed by atoms with van der Waals surface area (Å²) >= 11 is 1.61. The Kier molecular flexibility index (Phi) is 4.26. The zero-order chi connectivity index (χ0) is 14.7. The topological polar surface area (TPSA) is 55.3 Å². The van der Waals surface area contributed by atoms with Crippen molar-refractivity contribution in [2.24, 2.45) is 0 Å². The van der Waals surface area contributed by atoms with Crippen LogP contribution in [0.1, 0.15) is 23.2 Å². The fraction of sp³-hybridized carbons (Fsp3) is 0.400. The van der Waals surface area contributed by atoms with Crippen LogP contribution in [0.25, 0.3) is 0 Å². The van der Waals surface area contributed by atoms with Crippen molar-refractivity contribution in [1.82, 2.24) is 14.9 Å². The number of aromatic nitrogens is 2. The third kappa shape index (κ3) is 3.46. The van der Waals surface area contributed by atoms with Gasteiger partial charge in [-0.1, -0.05) is 0 Å². The first-order valence-electron chi connectivity index (χ1n) is 6.92. The Morgan fingerprint density at radius 2 is 2.43 bits per heavy atom. The van der Waals surface area contributed by atoms with Gasteiger partial charge < -0.3 is 9.64 Å². The molecule has 0 bridgehead atoms. The third-order valence-electron chi connectivity index (χ3n) is 3.48. The van der Waals surface area contributed by atoms with Crippen LogP contribution in [0.2, 0.25) is 0 Å². The molecule has 1 aliphatic heterocycles. The molecule has 1 atom stereocenters. The van der Waals surface area contributed by atoms with Crippen LogP contribution >= 0.6 is 11.3 Å². The van der Waals surface area contributed by atoms with Crippen LogP contribution in [0, 0.1) is 6.92 Å². The normalized spacial score (nSPS) is 18.7. The maximum Gasteiger partial charge on any atom is 0.227 e. The Morgan fingerprint density at radius 3 is 3.19 bits per heavy atom. The Bertz CT molecular complexity index is 615. The van der Waals surface area contributed by atoms with E-state index in [2.05, 4.69) is 9.97 Å². The van der Waals surface area contributed by atoms with E-state index in [1.165, 1.54) is 0 Å². The van der Waals surface area contributed by atoms with Crippen LogP contribution in [0.5, 0.6) is 0 Å². The minimum atomic E-state index is -0.160. The molecule has 2 aromatic rings. The smallest absolute Gasteiger partial charge is 0.227 e. The zero-order valence-electron chi connectivity index (χ0n) is 11.9. The van der Waals surface area contributed by atoms with Gasteiger partial charge in [0.15, 0.2) is 0 Å². The van der Waals surface area contributed by atoms with Gasteiger partial charge in [-0.2, -0.15) is 11.3 Å². The number of carbonyl (C=O) groups is 1. The molecular formula is C15H17N3O2S. The highest BCUT2D eigenvalue weighted by molar-refractivity contribution is 7.07. The van der Waals surface area contributed by atoms with Crippen molar-refractivity contribution in [1.29, 1.82) is 0 Å². The summed E-state index contributed by atoms with van der Waals surface area (Å²) < 4.78 is 5.75. The molecule has 0 unspecified atom stereocenters. The number of hydrogen-bond acceptors (Lipinski definition) is 5. The summed E-state index contributed by atoms with van der Waals surface area (Å²) in [5, 5.41) is 4.01. The zero-order valence-corrected chi connectivity index (χ0v) is 12.7. The van der Waals surface area contributed by atoms with E-state index in [1.807, 2.05) is 34.7 Å². The third-order valence-corrected chi connectivity index (χ3v) is 4.21. The van der Waals surface area contributed by atoms with Gasteiger partial charge in [0.1, 0.15) is 11.9 Å². The summed E-state index contributed by atoms with van der Waals surface area (Å²) in [7, 11) is 0. The number of hydrogen-bond donors (Lipinski definition) is 0. The van der Waals surface area contributed by atoms with Gasteiger partial charge in [-0.15, -0.1) is 0 Å². The van der Waals surface area contributed by atoms with Gasteiger partial charge in [0.05, 0.1) is 25.3 Å². The van der Waals surface area contributed by atoms with Gasteiger partial charge in [-0.25, -0.2) is 9.97 Å². The monoisotopic (exact) mass is 303 g/mol. The number of rotatable bonds is 3. The summed E-state index contributed by atoms with van der Waals surface area (Å²) in [6.07, 6.45) is 2.03. The van der Waals surface area contributed by atoms with Crippen LogP contribution in [0.4, 0.5) is 0 Å². The Morgan fingerprint density at radius 1 is 1.52 bits per heavy atom. The van der Waals surface area contributed by atoms with Crippen molar-refractivity contribution in [2.75, 3.05) is 19.7 Å². The minimum absolute atomic E-state index is 0.146. The molecule has 0 N–H and O–H groups in total. The molecule has 1 saturated heterocycles. The van der Waals surface area contributed by atoms with Gasteiger partial charge in [0.25, 0.3) is 0 Å². The van der Waals surface area contributed by atoms with E-state index < -0.39 is 0 Å². The highest BCUT2D eigenvalue weighted by atomic mass is 32.1. The van der Waals surface area contributed by atoms with Gasteiger partial charge >= 0.3 is 0 Å². The van der Waals surface area contributed by atoms with E-state index in [-0.39, 0.29) is 12.0 Å². The highest BCUT2D eigenvalue weighted by Gasteiger charge is 2.26. The average molecular weight is 303 g/mol. The predicted molar refractivity (Wildman–Crippen MR) is 80.1 cm³/mol. The van der Waals surface area contributed by atoms with Crippen molar-refractivity contribution < 1.29 is 9.53 Å².